The maximum Gasteiger partial charge on any atom is 0.291 e. The van der Waals surface area contributed by atoms with Gasteiger partial charge < -0.3 is 5.32 Å². The van der Waals surface area contributed by atoms with Crippen LogP contribution in [0.3, 0.4) is 0 Å². The van der Waals surface area contributed by atoms with E-state index in [0.717, 1.165) is 12.0 Å². The van der Waals surface area contributed by atoms with E-state index < -0.39 is 15.9 Å². The Morgan fingerprint density at radius 3 is 2.35 bits per heavy atom. The van der Waals surface area contributed by atoms with Crippen molar-refractivity contribution < 1.29 is 18.0 Å². The second-order valence-electron chi connectivity index (χ2n) is 6.55. The number of aromatic nitrogens is 2. The van der Waals surface area contributed by atoms with Gasteiger partial charge >= 0.3 is 0 Å². The number of aryl methyl sites for hydroxylation is 1. The number of sulfonamides is 1. The maximum absolute atomic E-state index is 12.8. The van der Waals surface area contributed by atoms with Crippen molar-refractivity contribution in [2.45, 2.75) is 24.6 Å². The Morgan fingerprint density at radius 1 is 0.968 bits per heavy atom. The Labute approximate surface area is 184 Å². The molecule has 31 heavy (non-hydrogen) atoms. The van der Waals surface area contributed by atoms with Crippen molar-refractivity contribution in [1.82, 2.24) is 15.5 Å². The zero-order valence-electron chi connectivity index (χ0n) is 16.9. The Balaban J connectivity index is 1.77. The van der Waals surface area contributed by atoms with Gasteiger partial charge in [0.25, 0.3) is 26.2 Å². The zero-order chi connectivity index (χ0) is 22.4. The molecule has 2 amide bonds. The van der Waals surface area contributed by atoms with Crippen LogP contribution in [0.5, 0.6) is 0 Å². The van der Waals surface area contributed by atoms with Gasteiger partial charge in [0.15, 0.2) is 0 Å². The van der Waals surface area contributed by atoms with Crippen LogP contribution in [0.15, 0.2) is 52.9 Å². The molecule has 9 nitrogen and oxygen atoms in total. The lowest BCUT2D eigenvalue weighted by Crippen LogP contribution is -2.25. The first-order valence-electron chi connectivity index (χ1n) is 9.42. The Hall–Kier alpha value is -3.31. The lowest BCUT2D eigenvalue weighted by molar-refractivity contribution is 0.0953. The minimum absolute atomic E-state index is 0.0441. The van der Waals surface area contributed by atoms with Crippen molar-refractivity contribution >= 4 is 44.0 Å². The van der Waals surface area contributed by atoms with Crippen molar-refractivity contribution in [2.24, 2.45) is 0 Å². The molecule has 0 atom stereocenters. The summed E-state index contributed by atoms with van der Waals surface area (Å²) in [6, 6.07) is 13.3. The third-order valence-corrected chi connectivity index (χ3v) is 6.77. The number of nitrogens with one attached hydrogen (secondary N) is 3. The fourth-order valence-electron chi connectivity index (χ4n) is 2.65. The molecule has 162 valence electrons. The van der Waals surface area contributed by atoms with E-state index in [1.165, 1.54) is 12.1 Å². The molecule has 0 radical (unpaired) electrons. The smallest absolute Gasteiger partial charge is 0.291 e. The van der Waals surface area contributed by atoms with E-state index in [1.807, 2.05) is 13.0 Å². The quantitative estimate of drug-likeness (QED) is 0.444. The van der Waals surface area contributed by atoms with Crippen molar-refractivity contribution in [1.29, 1.82) is 0 Å². The summed E-state index contributed by atoms with van der Waals surface area (Å²) < 4.78 is 27.6. The number of carbonyl (C=O) groups excluding carboxylic acids is 2. The van der Waals surface area contributed by atoms with E-state index in [-0.39, 0.29) is 26.6 Å². The largest absolute Gasteiger partial charge is 0.352 e. The molecule has 0 aliphatic carbocycles. The molecule has 3 rings (SSSR count). The van der Waals surface area contributed by atoms with Gasteiger partial charge in [-0.25, -0.2) is 0 Å². The summed E-state index contributed by atoms with van der Waals surface area (Å²) >= 11 is 0.711. The molecule has 0 saturated carbocycles. The van der Waals surface area contributed by atoms with E-state index in [9.17, 15) is 18.0 Å². The number of carbonyl (C=O) groups is 2. The van der Waals surface area contributed by atoms with Gasteiger partial charge in [-0.1, -0.05) is 48.6 Å². The van der Waals surface area contributed by atoms with Gasteiger partial charge in [0.2, 0.25) is 5.13 Å². The van der Waals surface area contributed by atoms with Crippen molar-refractivity contribution in [3.63, 3.8) is 0 Å². The van der Waals surface area contributed by atoms with Gasteiger partial charge in [0.1, 0.15) is 0 Å². The highest BCUT2D eigenvalue weighted by Crippen LogP contribution is 2.25. The predicted octanol–water partition coefficient (Wildman–Crippen LogP) is 3.04. The predicted molar refractivity (Wildman–Crippen MR) is 119 cm³/mol. The number of hydrogen-bond donors (Lipinski definition) is 3. The molecule has 0 spiro atoms. The number of rotatable bonds is 8. The minimum Gasteiger partial charge on any atom is -0.352 e. The monoisotopic (exact) mass is 459 g/mol. The van der Waals surface area contributed by atoms with Crippen LogP contribution in [0.25, 0.3) is 0 Å². The summed E-state index contributed by atoms with van der Waals surface area (Å²) in [5.41, 5.74) is 1.54. The second-order valence-corrected chi connectivity index (χ2v) is 9.38. The minimum atomic E-state index is -4.11. The molecule has 0 bridgehead atoms. The van der Waals surface area contributed by atoms with E-state index in [1.54, 1.807) is 37.3 Å². The summed E-state index contributed by atoms with van der Waals surface area (Å²) in [7, 11) is -4.11. The van der Waals surface area contributed by atoms with E-state index >= 15 is 0 Å². The second kappa shape index (κ2) is 9.67. The third kappa shape index (κ3) is 5.44. The first-order valence-corrected chi connectivity index (χ1v) is 11.7. The molecule has 3 N–H and O–H groups in total. The van der Waals surface area contributed by atoms with Crippen molar-refractivity contribution in [2.75, 3.05) is 16.6 Å². The molecule has 1 heterocycles. The van der Waals surface area contributed by atoms with Gasteiger partial charge in [0.05, 0.1) is 11.3 Å². The van der Waals surface area contributed by atoms with E-state index in [2.05, 4.69) is 25.6 Å². The number of nitrogens with zero attached hydrogens (tertiary/aromatic N) is 2. The standard InChI is InChI=1S/C20H21N5O4S2/c1-3-12-21-17(26)15-10-6-7-11-16(15)25-31(28,29)20-24-23-19(30-20)22-18(27)14-9-5-4-8-13(14)2/h4-11,25H,3,12H2,1-2H3,(H,21,26)(H,22,23,27). The lowest BCUT2D eigenvalue weighted by atomic mass is 10.1. The Kier molecular flexibility index (Phi) is 6.98. The normalized spacial score (nSPS) is 11.0. The van der Waals surface area contributed by atoms with E-state index in [0.29, 0.717) is 23.4 Å². The van der Waals surface area contributed by atoms with Crippen molar-refractivity contribution in [3.05, 3.63) is 65.2 Å². The SMILES string of the molecule is CCCNC(=O)c1ccccc1NS(=O)(=O)c1nnc(NC(=O)c2ccccc2C)s1. The van der Waals surface area contributed by atoms with Crippen molar-refractivity contribution in [3.8, 4) is 0 Å². The fourth-order valence-corrected chi connectivity index (χ4v) is 4.63. The average Bonchev–Trinajstić information content (AvgIpc) is 3.22. The summed E-state index contributed by atoms with van der Waals surface area (Å²) in [5, 5.41) is 12.8. The maximum atomic E-state index is 12.8. The highest BCUT2D eigenvalue weighted by atomic mass is 32.2. The molecule has 0 fully saturated rings. The molecule has 0 aliphatic rings. The molecule has 0 unspecified atom stereocenters. The zero-order valence-corrected chi connectivity index (χ0v) is 18.5. The van der Waals surface area contributed by atoms with Crippen LogP contribution in [-0.2, 0) is 10.0 Å². The highest BCUT2D eigenvalue weighted by Gasteiger charge is 2.23. The van der Waals surface area contributed by atoms with Gasteiger partial charge in [-0.05, 0) is 37.1 Å². The molecule has 1 aromatic heterocycles. The topological polar surface area (TPSA) is 130 Å². The summed E-state index contributed by atoms with van der Waals surface area (Å²) in [4.78, 5) is 24.7. The van der Waals surface area contributed by atoms with Crippen LogP contribution >= 0.6 is 11.3 Å². The summed E-state index contributed by atoms with van der Waals surface area (Å²) in [5.74, 6) is -0.798. The molecule has 0 saturated heterocycles. The Morgan fingerprint density at radius 2 is 1.65 bits per heavy atom. The number of amides is 2. The van der Waals surface area contributed by atoms with Gasteiger partial charge in [-0.3, -0.25) is 19.6 Å². The first kappa shape index (κ1) is 22.4. The molecule has 3 aromatic rings. The molecular formula is C20H21N5O4S2. The fraction of sp³-hybridized carbons (Fsp3) is 0.200. The third-order valence-electron chi connectivity index (χ3n) is 4.20. The number of para-hydroxylation sites is 1. The van der Waals surface area contributed by atoms with E-state index in [4.69, 9.17) is 0 Å². The van der Waals surface area contributed by atoms with Gasteiger partial charge in [0, 0.05) is 12.1 Å². The van der Waals surface area contributed by atoms with Gasteiger partial charge in [-0.15, -0.1) is 10.2 Å². The number of hydrogen-bond acceptors (Lipinski definition) is 7. The summed E-state index contributed by atoms with van der Waals surface area (Å²) in [6.07, 6.45) is 0.751. The number of anilines is 2. The first-order chi connectivity index (χ1) is 14.8. The molecule has 0 aliphatic heterocycles. The molecular weight excluding hydrogens is 438 g/mol. The van der Waals surface area contributed by atoms with Crippen LogP contribution in [-0.4, -0.2) is 37.0 Å². The van der Waals surface area contributed by atoms with Crippen LogP contribution in [0, 0.1) is 6.92 Å². The van der Waals surface area contributed by atoms with Crippen LogP contribution < -0.4 is 15.4 Å². The molecule has 2 aromatic carbocycles. The lowest BCUT2D eigenvalue weighted by Gasteiger charge is -2.11. The Bertz CT molecular complexity index is 1210. The summed E-state index contributed by atoms with van der Waals surface area (Å²) in [6.45, 7) is 4.18. The average molecular weight is 460 g/mol. The number of benzene rings is 2. The van der Waals surface area contributed by atoms with Gasteiger partial charge in [-0.2, -0.15) is 8.42 Å². The molecule has 11 heteroatoms. The van der Waals surface area contributed by atoms with Crippen LogP contribution in [0.4, 0.5) is 10.8 Å². The highest BCUT2D eigenvalue weighted by molar-refractivity contribution is 7.94. The van der Waals surface area contributed by atoms with Crippen LogP contribution in [0.1, 0.15) is 39.6 Å². The van der Waals surface area contributed by atoms with Crippen LogP contribution in [0.2, 0.25) is 0 Å².